The molecule has 1 aromatic carbocycles. The first-order valence-electron chi connectivity index (χ1n) is 7.07. The molecule has 0 aromatic heterocycles. The second kappa shape index (κ2) is 8.97. The maximum absolute atomic E-state index is 11.7. The Morgan fingerprint density at radius 1 is 1.24 bits per heavy atom. The van der Waals surface area contributed by atoms with Crippen molar-refractivity contribution in [2.45, 2.75) is 38.6 Å². The van der Waals surface area contributed by atoms with Crippen molar-refractivity contribution in [3.63, 3.8) is 0 Å². The standard InChI is InChI=1S/C15H22N2O4/c1-2-3-4-11-5-7-12(8-6-11)16-15(21)17-13(9-10-18)14(19)20/h5-8,13,18H,2-4,9-10H2,1H3,(H,19,20)(H2,16,17,21)/t13-/m1/s1. The number of amides is 2. The second-order valence-electron chi connectivity index (χ2n) is 4.80. The number of unbranched alkanes of at least 4 members (excludes halogenated alkanes) is 1. The highest BCUT2D eigenvalue weighted by molar-refractivity contribution is 5.92. The Morgan fingerprint density at radius 2 is 1.90 bits per heavy atom. The molecular formula is C15H22N2O4. The van der Waals surface area contributed by atoms with Crippen molar-refractivity contribution in [1.82, 2.24) is 5.32 Å². The van der Waals surface area contributed by atoms with Crippen molar-refractivity contribution in [1.29, 1.82) is 0 Å². The van der Waals surface area contributed by atoms with Crippen molar-refractivity contribution in [2.75, 3.05) is 11.9 Å². The van der Waals surface area contributed by atoms with Crippen LogP contribution in [0.2, 0.25) is 0 Å². The van der Waals surface area contributed by atoms with Crippen LogP contribution >= 0.6 is 0 Å². The molecule has 1 rings (SSSR count). The molecule has 0 aliphatic rings. The van der Waals surface area contributed by atoms with E-state index in [2.05, 4.69) is 17.6 Å². The third-order valence-electron chi connectivity index (χ3n) is 3.05. The molecule has 0 heterocycles. The summed E-state index contributed by atoms with van der Waals surface area (Å²) in [5, 5.41) is 22.5. The second-order valence-corrected chi connectivity index (χ2v) is 4.80. The Hall–Kier alpha value is -2.08. The minimum atomic E-state index is -1.17. The molecule has 6 nitrogen and oxygen atoms in total. The molecule has 1 aromatic rings. The molecule has 0 unspecified atom stereocenters. The van der Waals surface area contributed by atoms with Crippen LogP contribution in [0.5, 0.6) is 0 Å². The van der Waals surface area contributed by atoms with E-state index in [0.717, 1.165) is 19.3 Å². The molecule has 2 amide bonds. The van der Waals surface area contributed by atoms with Gasteiger partial charge in [0.15, 0.2) is 0 Å². The maximum Gasteiger partial charge on any atom is 0.326 e. The average molecular weight is 294 g/mol. The van der Waals surface area contributed by atoms with Crippen LogP contribution in [-0.4, -0.2) is 34.9 Å². The van der Waals surface area contributed by atoms with Crippen LogP contribution in [0, 0.1) is 0 Å². The number of anilines is 1. The summed E-state index contributed by atoms with van der Waals surface area (Å²) in [4.78, 5) is 22.6. The predicted octanol–water partition coefficient (Wildman–Crippen LogP) is 1.99. The number of carboxylic acid groups (broad SMARTS) is 1. The summed E-state index contributed by atoms with van der Waals surface area (Å²) >= 11 is 0. The summed E-state index contributed by atoms with van der Waals surface area (Å²) in [5.74, 6) is -1.17. The maximum atomic E-state index is 11.7. The molecule has 21 heavy (non-hydrogen) atoms. The van der Waals surface area contributed by atoms with E-state index in [1.165, 1.54) is 5.56 Å². The van der Waals surface area contributed by atoms with E-state index in [4.69, 9.17) is 10.2 Å². The molecule has 0 fully saturated rings. The quantitative estimate of drug-likeness (QED) is 0.589. The highest BCUT2D eigenvalue weighted by Crippen LogP contribution is 2.11. The van der Waals surface area contributed by atoms with Gasteiger partial charge in [-0.2, -0.15) is 0 Å². The van der Waals surface area contributed by atoms with E-state index >= 15 is 0 Å². The Labute approximate surface area is 124 Å². The summed E-state index contributed by atoms with van der Waals surface area (Å²) in [7, 11) is 0. The van der Waals surface area contributed by atoms with Gasteiger partial charge < -0.3 is 20.8 Å². The molecule has 6 heteroatoms. The lowest BCUT2D eigenvalue weighted by Crippen LogP contribution is -2.43. The van der Waals surface area contributed by atoms with Gasteiger partial charge in [-0.1, -0.05) is 25.5 Å². The molecule has 0 saturated heterocycles. The first-order valence-corrected chi connectivity index (χ1v) is 7.07. The highest BCUT2D eigenvalue weighted by atomic mass is 16.4. The predicted molar refractivity (Wildman–Crippen MR) is 80.3 cm³/mol. The SMILES string of the molecule is CCCCc1ccc(NC(=O)N[C@H](CCO)C(=O)O)cc1. The van der Waals surface area contributed by atoms with Gasteiger partial charge in [-0.25, -0.2) is 9.59 Å². The average Bonchev–Trinajstić information content (AvgIpc) is 2.46. The van der Waals surface area contributed by atoms with Crippen LogP contribution in [-0.2, 0) is 11.2 Å². The summed E-state index contributed by atoms with van der Waals surface area (Å²) < 4.78 is 0. The number of aliphatic hydroxyl groups is 1. The van der Waals surface area contributed by atoms with Crippen LogP contribution in [0.1, 0.15) is 31.7 Å². The fourth-order valence-electron chi connectivity index (χ4n) is 1.85. The lowest BCUT2D eigenvalue weighted by atomic mass is 10.1. The highest BCUT2D eigenvalue weighted by Gasteiger charge is 2.18. The molecular weight excluding hydrogens is 272 g/mol. The van der Waals surface area contributed by atoms with Crippen molar-refractivity contribution in [3.8, 4) is 0 Å². The van der Waals surface area contributed by atoms with Crippen LogP contribution in [0.3, 0.4) is 0 Å². The Kier molecular flexibility index (Phi) is 7.25. The number of nitrogens with one attached hydrogen (secondary N) is 2. The lowest BCUT2D eigenvalue weighted by molar-refractivity contribution is -0.139. The number of carbonyl (C=O) groups is 2. The fourth-order valence-corrected chi connectivity index (χ4v) is 1.85. The summed E-state index contributed by atoms with van der Waals surface area (Å²) in [6, 6.07) is 5.75. The Bertz CT molecular complexity index is 459. The number of aliphatic carboxylic acids is 1. The number of hydrogen-bond acceptors (Lipinski definition) is 3. The first-order chi connectivity index (χ1) is 10.1. The molecule has 4 N–H and O–H groups in total. The van der Waals surface area contributed by atoms with Gasteiger partial charge in [0.2, 0.25) is 0 Å². The van der Waals surface area contributed by atoms with Gasteiger partial charge in [0.05, 0.1) is 0 Å². The van der Waals surface area contributed by atoms with E-state index in [-0.39, 0.29) is 13.0 Å². The molecule has 0 spiro atoms. The number of aryl methyl sites for hydroxylation is 1. The molecule has 0 aliphatic heterocycles. The Balaban J connectivity index is 2.52. The molecule has 0 radical (unpaired) electrons. The third-order valence-corrected chi connectivity index (χ3v) is 3.05. The number of carboxylic acids is 1. The fraction of sp³-hybridized carbons (Fsp3) is 0.467. The van der Waals surface area contributed by atoms with Crippen molar-refractivity contribution in [3.05, 3.63) is 29.8 Å². The van der Waals surface area contributed by atoms with E-state index in [0.29, 0.717) is 5.69 Å². The van der Waals surface area contributed by atoms with Crippen LogP contribution in [0.4, 0.5) is 10.5 Å². The van der Waals surface area contributed by atoms with Crippen molar-refractivity contribution < 1.29 is 19.8 Å². The monoisotopic (exact) mass is 294 g/mol. The zero-order chi connectivity index (χ0) is 15.7. The van der Waals surface area contributed by atoms with Crippen LogP contribution in [0.25, 0.3) is 0 Å². The van der Waals surface area contributed by atoms with Crippen molar-refractivity contribution in [2.24, 2.45) is 0 Å². The summed E-state index contributed by atoms with van der Waals surface area (Å²) in [6.07, 6.45) is 3.22. The zero-order valence-corrected chi connectivity index (χ0v) is 12.1. The third kappa shape index (κ3) is 6.27. The van der Waals surface area contributed by atoms with Crippen LogP contribution < -0.4 is 10.6 Å². The minimum absolute atomic E-state index is 0.0291. The van der Waals surface area contributed by atoms with Crippen LogP contribution in [0.15, 0.2) is 24.3 Å². The van der Waals surface area contributed by atoms with Gasteiger partial charge in [0.1, 0.15) is 6.04 Å². The topological polar surface area (TPSA) is 98.7 Å². The number of aliphatic hydroxyl groups excluding tert-OH is 1. The lowest BCUT2D eigenvalue weighted by Gasteiger charge is -2.14. The number of rotatable bonds is 8. The Morgan fingerprint density at radius 3 is 2.43 bits per heavy atom. The number of benzene rings is 1. The molecule has 0 bridgehead atoms. The molecule has 116 valence electrons. The number of urea groups is 1. The van der Waals surface area contributed by atoms with Gasteiger partial charge in [0.25, 0.3) is 0 Å². The van der Waals surface area contributed by atoms with E-state index in [1.54, 1.807) is 12.1 Å². The van der Waals surface area contributed by atoms with Gasteiger partial charge in [-0.15, -0.1) is 0 Å². The van der Waals surface area contributed by atoms with Gasteiger partial charge in [-0.3, -0.25) is 0 Å². The summed E-state index contributed by atoms with van der Waals surface area (Å²) in [5.41, 5.74) is 1.80. The van der Waals surface area contributed by atoms with Crippen molar-refractivity contribution >= 4 is 17.7 Å². The van der Waals surface area contributed by atoms with E-state index < -0.39 is 18.0 Å². The minimum Gasteiger partial charge on any atom is -0.480 e. The number of carbonyl (C=O) groups excluding carboxylic acids is 1. The van der Waals surface area contributed by atoms with Gasteiger partial charge >= 0.3 is 12.0 Å². The van der Waals surface area contributed by atoms with Gasteiger partial charge in [-0.05, 0) is 30.5 Å². The first kappa shape index (κ1) is 17.0. The summed E-state index contributed by atoms with van der Waals surface area (Å²) in [6.45, 7) is 1.83. The molecule has 0 saturated carbocycles. The smallest absolute Gasteiger partial charge is 0.326 e. The van der Waals surface area contributed by atoms with E-state index in [1.807, 2.05) is 12.1 Å². The molecule has 0 aliphatic carbocycles. The normalized spacial score (nSPS) is 11.7. The largest absolute Gasteiger partial charge is 0.480 e. The van der Waals surface area contributed by atoms with E-state index in [9.17, 15) is 9.59 Å². The molecule has 1 atom stereocenters. The number of hydrogen-bond donors (Lipinski definition) is 4. The zero-order valence-electron chi connectivity index (χ0n) is 12.1. The van der Waals surface area contributed by atoms with Gasteiger partial charge in [0, 0.05) is 18.7 Å².